The van der Waals surface area contributed by atoms with Gasteiger partial charge in [-0.15, -0.1) is 11.8 Å². The molecule has 1 aliphatic carbocycles. The minimum absolute atomic E-state index is 0.0962. The summed E-state index contributed by atoms with van der Waals surface area (Å²) >= 11 is 1.50. The number of likely N-dealkylation sites (tertiary alicyclic amines) is 1. The van der Waals surface area contributed by atoms with Gasteiger partial charge in [0.25, 0.3) is 0 Å². The van der Waals surface area contributed by atoms with Crippen LogP contribution < -0.4 is 5.32 Å². The van der Waals surface area contributed by atoms with Crippen LogP contribution in [0, 0.1) is 11.3 Å². The summed E-state index contributed by atoms with van der Waals surface area (Å²) in [6.45, 7) is 0.612. The molecule has 1 aromatic rings. The first-order chi connectivity index (χ1) is 12.7. The number of nitriles is 1. The maximum absolute atomic E-state index is 12.9. The number of nitrogens with zero attached hydrogens (tertiary/aromatic N) is 2. The highest BCUT2D eigenvalue weighted by atomic mass is 32.2. The number of fused-ring (bicyclic) bond motifs is 1. The Morgan fingerprint density at radius 2 is 2.19 bits per heavy atom. The Bertz CT molecular complexity index is 814. The smallest absolute Gasteiger partial charge is 0.242 e. The standard InChI is InChI=1S/C20H21N3O2S/c21-11-16-6-3-7-23(16)20(25)18-19(26-12-22-18)17(24)10-13-8-14-4-1-2-5-15(14)9-13/h1-2,4-5,8,16,18-19,22H,3,6-7,9-10,12H2/t16-,18-,19?/m0/s1. The Morgan fingerprint density at radius 3 is 3.00 bits per heavy atom. The van der Waals surface area contributed by atoms with Gasteiger partial charge < -0.3 is 4.90 Å². The lowest BCUT2D eigenvalue weighted by Crippen LogP contribution is -2.51. The Balaban J connectivity index is 1.43. The van der Waals surface area contributed by atoms with E-state index in [0.717, 1.165) is 24.8 Å². The van der Waals surface area contributed by atoms with Crippen molar-refractivity contribution in [3.8, 4) is 6.07 Å². The number of nitrogens with one attached hydrogen (secondary N) is 1. The SMILES string of the molecule is N#C[C@@H]1CCCN1C(=O)[C@H]1NCSC1C(=O)CC1=Cc2ccccc2C1. The summed E-state index contributed by atoms with van der Waals surface area (Å²) < 4.78 is 0. The molecule has 1 amide bonds. The molecule has 1 N–H and O–H groups in total. The lowest BCUT2D eigenvalue weighted by molar-refractivity contribution is -0.134. The van der Waals surface area contributed by atoms with Crippen molar-refractivity contribution in [3.05, 3.63) is 41.0 Å². The number of hydrogen-bond acceptors (Lipinski definition) is 5. The van der Waals surface area contributed by atoms with Crippen LogP contribution in [-0.2, 0) is 16.0 Å². The minimum Gasteiger partial charge on any atom is -0.325 e. The van der Waals surface area contributed by atoms with Gasteiger partial charge in [-0.25, -0.2) is 0 Å². The zero-order valence-corrected chi connectivity index (χ0v) is 15.3. The Morgan fingerprint density at radius 1 is 1.35 bits per heavy atom. The number of thioether (sulfide) groups is 1. The summed E-state index contributed by atoms with van der Waals surface area (Å²) in [5, 5.41) is 12.0. The predicted molar refractivity (Wildman–Crippen MR) is 101 cm³/mol. The molecule has 4 rings (SSSR count). The molecule has 1 unspecified atom stereocenters. The summed E-state index contributed by atoms with van der Waals surface area (Å²) in [6.07, 6.45) is 4.89. The van der Waals surface area contributed by atoms with E-state index in [9.17, 15) is 14.9 Å². The molecule has 2 heterocycles. The second-order valence-electron chi connectivity index (χ2n) is 7.05. The van der Waals surface area contributed by atoms with Crippen LogP contribution in [0.15, 0.2) is 29.8 Å². The van der Waals surface area contributed by atoms with Gasteiger partial charge in [0.15, 0.2) is 5.78 Å². The summed E-state index contributed by atoms with van der Waals surface area (Å²) in [4.78, 5) is 27.4. The number of ketones is 1. The van der Waals surface area contributed by atoms with Gasteiger partial charge in [-0.1, -0.05) is 35.9 Å². The molecule has 0 bridgehead atoms. The minimum atomic E-state index is -0.508. The highest BCUT2D eigenvalue weighted by molar-refractivity contribution is 8.00. The molecule has 2 fully saturated rings. The lowest BCUT2D eigenvalue weighted by Gasteiger charge is -2.25. The number of amides is 1. The lowest BCUT2D eigenvalue weighted by atomic mass is 10.0. The normalized spacial score (nSPS) is 27.1. The third kappa shape index (κ3) is 3.17. The molecule has 2 aliphatic heterocycles. The molecule has 3 atom stereocenters. The molecular formula is C20H21N3O2S. The zero-order chi connectivity index (χ0) is 18.1. The van der Waals surface area contributed by atoms with Crippen LogP contribution in [0.4, 0.5) is 0 Å². The Labute approximate surface area is 157 Å². The number of carbonyl (C=O) groups is 2. The van der Waals surface area contributed by atoms with Crippen LogP contribution in [-0.4, -0.2) is 46.3 Å². The van der Waals surface area contributed by atoms with E-state index in [1.54, 1.807) is 4.90 Å². The van der Waals surface area contributed by atoms with E-state index < -0.39 is 6.04 Å². The van der Waals surface area contributed by atoms with Crippen LogP contribution in [0.3, 0.4) is 0 Å². The van der Waals surface area contributed by atoms with Crippen molar-refractivity contribution in [2.24, 2.45) is 0 Å². The largest absolute Gasteiger partial charge is 0.325 e. The monoisotopic (exact) mass is 367 g/mol. The molecule has 3 aliphatic rings. The van der Waals surface area contributed by atoms with Crippen molar-refractivity contribution in [2.75, 3.05) is 12.4 Å². The van der Waals surface area contributed by atoms with Gasteiger partial charge in [-0.05, 0) is 30.4 Å². The molecule has 134 valence electrons. The molecule has 5 nitrogen and oxygen atoms in total. The third-order valence-corrected chi connectivity index (χ3v) is 6.60. The quantitative estimate of drug-likeness (QED) is 0.883. The van der Waals surface area contributed by atoms with Crippen molar-refractivity contribution < 1.29 is 9.59 Å². The van der Waals surface area contributed by atoms with Gasteiger partial charge in [0.05, 0.1) is 11.3 Å². The van der Waals surface area contributed by atoms with Crippen LogP contribution in [0.5, 0.6) is 0 Å². The van der Waals surface area contributed by atoms with E-state index in [-0.39, 0.29) is 23.0 Å². The van der Waals surface area contributed by atoms with Crippen LogP contribution in [0.25, 0.3) is 6.08 Å². The zero-order valence-electron chi connectivity index (χ0n) is 14.5. The third-order valence-electron chi connectivity index (χ3n) is 5.37. The molecule has 26 heavy (non-hydrogen) atoms. The van der Waals surface area contributed by atoms with E-state index in [1.807, 2.05) is 12.1 Å². The molecule has 6 heteroatoms. The molecule has 0 saturated carbocycles. The second-order valence-corrected chi connectivity index (χ2v) is 8.18. The van der Waals surface area contributed by atoms with Crippen LogP contribution in [0.2, 0.25) is 0 Å². The van der Waals surface area contributed by atoms with Crippen molar-refractivity contribution in [2.45, 2.75) is 43.0 Å². The van der Waals surface area contributed by atoms with E-state index in [4.69, 9.17) is 0 Å². The average molecular weight is 367 g/mol. The average Bonchev–Trinajstić information content (AvgIpc) is 3.38. The van der Waals surface area contributed by atoms with Gasteiger partial charge >= 0.3 is 0 Å². The van der Waals surface area contributed by atoms with E-state index in [1.165, 1.54) is 22.9 Å². The fourth-order valence-electron chi connectivity index (χ4n) is 4.06. The topological polar surface area (TPSA) is 73.2 Å². The first-order valence-corrected chi connectivity index (χ1v) is 10.1. The Hall–Kier alpha value is -2.10. The molecule has 1 aromatic carbocycles. The fraction of sp³-hybridized carbons (Fsp3) is 0.450. The first kappa shape index (κ1) is 17.3. The number of carbonyl (C=O) groups excluding carboxylic acids is 2. The molecule has 0 aromatic heterocycles. The van der Waals surface area contributed by atoms with E-state index in [0.29, 0.717) is 18.8 Å². The van der Waals surface area contributed by atoms with Gasteiger partial charge in [-0.3, -0.25) is 14.9 Å². The van der Waals surface area contributed by atoms with Crippen LogP contribution in [0.1, 0.15) is 30.4 Å². The summed E-state index contributed by atoms with van der Waals surface area (Å²) in [5.74, 6) is 0.600. The highest BCUT2D eigenvalue weighted by Crippen LogP contribution is 2.31. The van der Waals surface area contributed by atoms with Crippen molar-refractivity contribution in [3.63, 3.8) is 0 Å². The number of hydrogen-bond donors (Lipinski definition) is 1. The van der Waals surface area contributed by atoms with Crippen molar-refractivity contribution in [1.82, 2.24) is 10.2 Å². The second kappa shape index (κ2) is 7.26. The first-order valence-electron chi connectivity index (χ1n) is 9.02. The van der Waals surface area contributed by atoms with Crippen LogP contribution >= 0.6 is 11.8 Å². The maximum atomic E-state index is 12.9. The fourth-order valence-corrected chi connectivity index (χ4v) is 5.19. The number of Topliss-reactive ketones (excluding diaryl/α,β-unsaturated/α-hetero) is 1. The van der Waals surface area contributed by atoms with Gasteiger partial charge in [0.2, 0.25) is 5.91 Å². The van der Waals surface area contributed by atoms with Crippen molar-refractivity contribution in [1.29, 1.82) is 5.26 Å². The van der Waals surface area contributed by atoms with E-state index >= 15 is 0 Å². The summed E-state index contributed by atoms with van der Waals surface area (Å²) in [6, 6.07) is 9.54. The maximum Gasteiger partial charge on any atom is 0.242 e. The van der Waals surface area contributed by atoms with Gasteiger partial charge in [0.1, 0.15) is 12.1 Å². The van der Waals surface area contributed by atoms with Gasteiger partial charge in [0, 0.05) is 18.8 Å². The summed E-state index contributed by atoms with van der Waals surface area (Å²) in [5.41, 5.74) is 3.56. The molecule has 2 saturated heterocycles. The Kier molecular flexibility index (Phi) is 4.84. The number of rotatable bonds is 4. The molecular weight excluding hydrogens is 346 g/mol. The van der Waals surface area contributed by atoms with Crippen molar-refractivity contribution >= 4 is 29.5 Å². The molecule has 0 spiro atoms. The predicted octanol–water partition coefficient (Wildman–Crippen LogP) is 2.13. The van der Waals surface area contributed by atoms with Gasteiger partial charge in [-0.2, -0.15) is 5.26 Å². The number of benzene rings is 1. The molecule has 0 radical (unpaired) electrons. The number of allylic oxidation sites excluding steroid dienone is 1. The summed E-state index contributed by atoms with van der Waals surface area (Å²) in [7, 11) is 0. The highest BCUT2D eigenvalue weighted by Gasteiger charge is 2.42. The van der Waals surface area contributed by atoms with E-state index in [2.05, 4.69) is 29.6 Å².